The van der Waals surface area contributed by atoms with Crippen LogP contribution < -0.4 is 0 Å². The van der Waals surface area contributed by atoms with Crippen molar-refractivity contribution in [1.29, 1.82) is 0 Å². The number of hydrogen-bond donors (Lipinski definition) is 0. The summed E-state index contributed by atoms with van der Waals surface area (Å²) in [6.07, 6.45) is 2.01. The summed E-state index contributed by atoms with van der Waals surface area (Å²) >= 11 is 0. The molecule has 0 fully saturated rings. The molecule has 5 rings (SSSR count). The molecule has 28 heavy (non-hydrogen) atoms. The van der Waals surface area contributed by atoms with Gasteiger partial charge in [0, 0.05) is 182 Å². The van der Waals surface area contributed by atoms with Crippen molar-refractivity contribution in [3.8, 4) is 11.1 Å². The fourth-order valence-electron chi connectivity index (χ4n) is 3.77. The molecular formula is C24H16Rb2Y2-2. The van der Waals surface area contributed by atoms with Crippen molar-refractivity contribution in [2.45, 2.75) is 12.8 Å². The van der Waals surface area contributed by atoms with Crippen molar-refractivity contribution in [3.05, 3.63) is 107 Å². The average Bonchev–Trinajstić information content (AvgIpc) is 2.99. The molecule has 0 amide bonds. The van der Waals surface area contributed by atoms with Crippen LogP contribution in [0, 0.1) is 12.1 Å². The molecule has 0 aromatic heterocycles. The van der Waals surface area contributed by atoms with Crippen LogP contribution in [0.3, 0.4) is 0 Å². The monoisotopic (exact) mass is 652 g/mol. The van der Waals surface area contributed by atoms with E-state index in [9.17, 15) is 0 Å². The van der Waals surface area contributed by atoms with Crippen LogP contribution in [0.15, 0.2) is 72.8 Å². The van der Waals surface area contributed by atoms with Gasteiger partial charge in [-0.1, -0.05) is 30.3 Å². The van der Waals surface area contributed by atoms with Crippen molar-refractivity contribution in [2.24, 2.45) is 0 Å². The molecule has 0 bridgehead atoms. The Hall–Kier alpha value is 2.96. The first-order chi connectivity index (χ1) is 11.9. The predicted molar refractivity (Wildman–Crippen MR) is 111 cm³/mol. The second-order valence-electron chi connectivity index (χ2n) is 6.54. The summed E-state index contributed by atoms with van der Waals surface area (Å²) < 4.78 is 0. The zero-order valence-electron chi connectivity index (χ0n) is 16.5. The van der Waals surface area contributed by atoms with E-state index in [4.69, 9.17) is 0 Å². The Bertz CT molecular complexity index is 1080. The first kappa shape index (κ1) is 29.0. The third kappa shape index (κ3) is 6.51. The molecule has 4 aromatic carbocycles. The van der Waals surface area contributed by atoms with E-state index in [2.05, 4.69) is 66.7 Å². The Labute approximate surface area is 315 Å². The molecule has 122 valence electrons. The molecule has 1 aliphatic rings. The smallest absolute Gasteiger partial charge is 0 e. The molecule has 4 heteroatoms. The molecule has 4 radical (unpaired) electrons. The van der Waals surface area contributed by atoms with Crippen molar-refractivity contribution < 1.29 is 65.4 Å². The van der Waals surface area contributed by atoms with Crippen LogP contribution in [0.5, 0.6) is 0 Å². The largest absolute Gasteiger partial charge is 0.183 e. The van der Waals surface area contributed by atoms with Gasteiger partial charge in [0.1, 0.15) is 0 Å². The third-order valence-electron chi connectivity index (χ3n) is 4.95. The minimum absolute atomic E-state index is 0. The van der Waals surface area contributed by atoms with Crippen LogP contribution in [-0.2, 0) is 78.3 Å². The van der Waals surface area contributed by atoms with Crippen LogP contribution in [0.2, 0.25) is 0 Å². The van der Waals surface area contributed by atoms with Gasteiger partial charge in [-0.25, -0.2) is 0 Å². The second kappa shape index (κ2) is 13.6. The third-order valence-corrected chi connectivity index (χ3v) is 4.95. The molecule has 4 aromatic rings. The molecule has 0 nitrogen and oxygen atoms in total. The van der Waals surface area contributed by atoms with E-state index in [1.807, 2.05) is 18.2 Å². The van der Waals surface area contributed by atoms with Gasteiger partial charge in [0.25, 0.3) is 0 Å². The van der Waals surface area contributed by atoms with Crippen molar-refractivity contribution in [1.82, 2.24) is 0 Å². The fourth-order valence-corrected chi connectivity index (χ4v) is 3.77. The fraction of sp³-hybridized carbons (Fsp3) is 0.0833. The van der Waals surface area contributed by atoms with Gasteiger partial charge in [0.05, 0.1) is 0 Å². The van der Waals surface area contributed by atoms with Crippen LogP contribution in [-0.4, -0.2) is 116 Å². The van der Waals surface area contributed by atoms with Crippen LogP contribution in [0.25, 0.3) is 21.9 Å². The maximum absolute atomic E-state index is 3.20. The van der Waals surface area contributed by atoms with Gasteiger partial charge >= 0.3 is 0 Å². The Morgan fingerprint density at radius 2 is 1.32 bits per heavy atom. The van der Waals surface area contributed by atoms with E-state index in [0.717, 1.165) is 12.8 Å². The summed E-state index contributed by atoms with van der Waals surface area (Å²) in [5, 5.41) is 2.54. The standard InChI is InChI=1S/C24H16.2Rb.2Y/c1-2-6-20-14-17(9-11-19(20)5-1)13-18-10-12-24-22(15-18)16-21-7-3-4-8-23(21)24;;;;/h2,4-12,14-15H,13,16H2;;;;/q-2;;;;. The van der Waals surface area contributed by atoms with Crippen LogP contribution in [0.1, 0.15) is 22.3 Å². The molecule has 1 aliphatic carbocycles. The van der Waals surface area contributed by atoms with E-state index in [1.165, 1.54) is 44.2 Å². The number of benzene rings is 4. The van der Waals surface area contributed by atoms with Crippen molar-refractivity contribution in [3.63, 3.8) is 0 Å². The Kier molecular flexibility index (Phi) is 14.1. The summed E-state index contributed by atoms with van der Waals surface area (Å²) in [5.41, 5.74) is 8.34. The van der Waals surface area contributed by atoms with Gasteiger partial charge < -0.3 is 0 Å². The molecule has 0 N–H and O–H groups in total. The van der Waals surface area contributed by atoms with Gasteiger partial charge in [-0.3, -0.25) is 0 Å². The van der Waals surface area contributed by atoms with Crippen LogP contribution in [0.4, 0.5) is 0 Å². The van der Waals surface area contributed by atoms with E-state index >= 15 is 0 Å². The molecule has 0 saturated heterocycles. The summed E-state index contributed by atoms with van der Waals surface area (Å²) in [6.45, 7) is 0. The van der Waals surface area contributed by atoms with Crippen molar-refractivity contribution >= 4 is 127 Å². The molecule has 0 aliphatic heterocycles. The first-order valence-corrected chi connectivity index (χ1v) is 8.37. The maximum Gasteiger partial charge on any atom is 0 e. The van der Waals surface area contributed by atoms with Gasteiger partial charge in [0.2, 0.25) is 0 Å². The second-order valence-corrected chi connectivity index (χ2v) is 6.54. The van der Waals surface area contributed by atoms with Crippen LogP contribution >= 0.6 is 0 Å². The van der Waals surface area contributed by atoms with Gasteiger partial charge in [-0.2, -0.15) is 48.5 Å². The zero-order chi connectivity index (χ0) is 15.9. The molecule has 0 heterocycles. The predicted octanol–water partition coefficient (Wildman–Crippen LogP) is 4.84. The van der Waals surface area contributed by atoms with Gasteiger partial charge in [0.15, 0.2) is 0 Å². The summed E-state index contributed by atoms with van der Waals surface area (Å²) in [5.74, 6) is 0. The number of hydrogen-bond acceptors (Lipinski definition) is 0. The van der Waals surface area contributed by atoms with E-state index in [-0.39, 0.29) is 182 Å². The minimum Gasteiger partial charge on any atom is -0.183 e. The Morgan fingerprint density at radius 1 is 0.643 bits per heavy atom. The summed E-state index contributed by atoms with van der Waals surface area (Å²) in [6, 6.07) is 32.5. The van der Waals surface area contributed by atoms with Crippen molar-refractivity contribution in [2.75, 3.05) is 0 Å². The van der Waals surface area contributed by atoms with Gasteiger partial charge in [-0.05, 0) is 35.1 Å². The van der Waals surface area contributed by atoms with E-state index < -0.39 is 0 Å². The Balaban J connectivity index is 0.000000980. The molecule has 0 spiro atoms. The summed E-state index contributed by atoms with van der Waals surface area (Å²) in [4.78, 5) is 0. The minimum atomic E-state index is 0. The Morgan fingerprint density at radius 3 is 2.18 bits per heavy atom. The molecule has 0 unspecified atom stereocenters. The van der Waals surface area contributed by atoms with E-state index in [1.54, 1.807) is 0 Å². The maximum atomic E-state index is 3.20. The SMILES string of the molecule is [Rb].[Rb].[Y].[Y].[c-]1ccc2c(c1)Cc1cc(Cc3ccc4c[c-]ccc4c3)ccc1-2. The average molecular weight is 653 g/mol. The van der Waals surface area contributed by atoms with Gasteiger partial charge in [-0.15, -0.1) is 28.0 Å². The molecule has 0 saturated carbocycles. The normalized spacial score (nSPS) is 10.4. The van der Waals surface area contributed by atoms with E-state index in [0.29, 0.717) is 0 Å². The zero-order valence-corrected chi connectivity index (χ0v) is 32.0. The number of fused-ring (bicyclic) bond motifs is 4. The number of rotatable bonds is 2. The first-order valence-electron chi connectivity index (χ1n) is 8.37. The topological polar surface area (TPSA) is 0 Å². The molecular weight excluding hydrogens is 637 g/mol. The summed E-state index contributed by atoms with van der Waals surface area (Å²) in [7, 11) is 0. The quantitative estimate of drug-likeness (QED) is 0.240. The molecule has 0 atom stereocenters.